The van der Waals surface area contributed by atoms with Crippen molar-refractivity contribution in [2.24, 2.45) is 5.92 Å². The summed E-state index contributed by atoms with van der Waals surface area (Å²) >= 11 is 5.05. The first kappa shape index (κ1) is 11.4. The van der Waals surface area contributed by atoms with E-state index in [1.165, 1.54) is 32.1 Å². The van der Waals surface area contributed by atoms with E-state index < -0.39 is 0 Å². The van der Waals surface area contributed by atoms with E-state index >= 15 is 0 Å². The van der Waals surface area contributed by atoms with Gasteiger partial charge in [-0.1, -0.05) is 19.3 Å². The molecule has 1 N–H and O–H groups in total. The molecule has 1 saturated carbocycles. The van der Waals surface area contributed by atoms with Crippen LogP contribution in [0.2, 0.25) is 0 Å². The van der Waals surface area contributed by atoms with Crippen LogP contribution in [0.15, 0.2) is 9.98 Å². The van der Waals surface area contributed by atoms with E-state index in [1.54, 1.807) is 11.3 Å². The van der Waals surface area contributed by atoms with Crippen LogP contribution in [0.4, 0.5) is 5.13 Å². The van der Waals surface area contributed by atoms with Crippen LogP contribution >= 0.6 is 27.3 Å². The van der Waals surface area contributed by atoms with E-state index in [2.05, 4.69) is 33.2 Å². The Morgan fingerprint density at radius 3 is 2.80 bits per heavy atom. The number of rotatable bonds is 3. The summed E-state index contributed by atoms with van der Waals surface area (Å²) in [6, 6.07) is 0.559. The number of hydrogen-bond donors (Lipinski definition) is 1. The molecule has 4 heteroatoms. The molecule has 1 unspecified atom stereocenters. The van der Waals surface area contributed by atoms with Crippen molar-refractivity contribution in [3.63, 3.8) is 0 Å². The van der Waals surface area contributed by atoms with E-state index in [-0.39, 0.29) is 0 Å². The molecule has 2 nitrogen and oxygen atoms in total. The second-order valence-corrected chi connectivity index (χ2v) is 5.98. The average Bonchev–Trinajstić information content (AvgIpc) is 2.65. The molecule has 1 aromatic heterocycles. The minimum absolute atomic E-state index is 0.559. The van der Waals surface area contributed by atoms with Crippen molar-refractivity contribution in [2.75, 3.05) is 5.32 Å². The Morgan fingerprint density at radius 1 is 1.47 bits per heavy atom. The molecule has 1 aliphatic carbocycles. The minimum Gasteiger partial charge on any atom is -0.359 e. The average molecular weight is 289 g/mol. The first-order valence-corrected chi connectivity index (χ1v) is 7.30. The Hall–Kier alpha value is -0.0900. The van der Waals surface area contributed by atoms with Crippen LogP contribution in [0, 0.1) is 5.92 Å². The zero-order valence-electron chi connectivity index (χ0n) is 9.00. The molecule has 0 bridgehead atoms. The van der Waals surface area contributed by atoms with E-state index in [1.807, 2.05) is 5.38 Å². The molecule has 0 radical (unpaired) electrons. The molecular weight excluding hydrogens is 272 g/mol. The molecular formula is C11H17BrN2S. The maximum atomic E-state index is 4.37. The first-order chi connectivity index (χ1) is 7.25. The third kappa shape index (κ3) is 3.18. The van der Waals surface area contributed by atoms with Gasteiger partial charge in [0.25, 0.3) is 0 Å². The lowest BCUT2D eigenvalue weighted by Crippen LogP contribution is -2.27. The van der Waals surface area contributed by atoms with E-state index in [0.717, 1.165) is 15.7 Å². The van der Waals surface area contributed by atoms with Crippen molar-refractivity contribution in [3.05, 3.63) is 9.98 Å². The van der Waals surface area contributed by atoms with Gasteiger partial charge in [0.2, 0.25) is 0 Å². The summed E-state index contributed by atoms with van der Waals surface area (Å²) in [5.74, 6) is 0.835. The topological polar surface area (TPSA) is 24.9 Å². The summed E-state index contributed by atoms with van der Waals surface area (Å²) in [6.07, 6.45) is 6.98. The molecule has 1 heterocycles. The largest absolute Gasteiger partial charge is 0.359 e. The fourth-order valence-corrected chi connectivity index (χ4v) is 3.51. The SMILES string of the molecule is CC(Nc1nc(Br)cs1)C1CCCCC1. The van der Waals surface area contributed by atoms with Crippen molar-refractivity contribution < 1.29 is 0 Å². The summed E-state index contributed by atoms with van der Waals surface area (Å²) in [5.41, 5.74) is 0. The van der Waals surface area contributed by atoms with Crippen LogP contribution in [-0.4, -0.2) is 11.0 Å². The normalized spacial score (nSPS) is 20.1. The monoisotopic (exact) mass is 288 g/mol. The van der Waals surface area contributed by atoms with Crippen molar-refractivity contribution in [1.29, 1.82) is 0 Å². The molecule has 0 spiro atoms. The van der Waals surface area contributed by atoms with Gasteiger partial charge in [-0.2, -0.15) is 0 Å². The molecule has 2 rings (SSSR count). The van der Waals surface area contributed by atoms with Gasteiger partial charge in [0.1, 0.15) is 4.60 Å². The van der Waals surface area contributed by atoms with Crippen molar-refractivity contribution in [1.82, 2.24) is 4.98 Å². The lowest BCUT2D eigenvalue weighted by atomic mass is 9.85. The quantitative estimate of drug-likeness (QED) is 0.898. The van der Waals surface area contributed by atoms with Crippen molar-refractivity contribution in [3.8, 4) is 0 Å². The molecule has 1 aliphatic rings. The zero-order chi connectivity index (χ0) is 10.7. The Bertz CT molecular complexity index is 307. The van der Waals surface area contributed by atoms with Crippen LogP contribution in [0.5, 0.6) is 0 Å². The van der Waals surface area contributed by atoms with Gasteiger partial charge in [-0.25, -0.2) is 4.98 Å². The molecule has 0 saturated heterocycles. The molecule has 84 valence electrons. The lowest BCUT2D eigenvalue weighted by Gasteiger charge is -2.28. The summed E-state index contributed by atoms with van der Waals surface area (Å²) in [4.78, 5) is 4.37. The summed E-state index contributed by atoms with van der Waals surface area (Å²) < 4.78 is 0.936. The molecule has 0 amide bonds. The molecule has 0 aromatic carbocycles. The Kier molecular flexibility index (Phi) is 4.03. The zero-order valence-corrected chi connectivity index (χ0v) is 11.4. The Morgan fingerprint density at radius 2 is 2.20 bits per heavy atom. The summed E-state index contributed by atoms with van der Waals surface area (Å²) in [7, 11) is 0. The van der Waals surface area contributed by atoms with Crippen LogP contribution in [0.1, 0.15) is 39.0 Å². The summed E-state index contributed by atoms with van der Waals surface area (Å²) in [5, 5.41) is 6.58. The maximum Gasteiger partial charge on any atom is 0.183 e. The van der Waals surface area contributed by atoms with E-state index in [4.69, 9.17) is 0 Å². The second-order valence-electron chi connectivity index (χ2n) is 4.31. The third-order valence-electron chi connectivity index (χ3n) is 3.18. The smallest absolute Gasteiger partial charge is 0.183 e. The van der Waals surface area contributed by atoms with Gasteiger partial charge in [0, 0.05) is 11.4 Å². The molecule has 15 heavy (non-hydrogen) atoms. The number of hydrogen-bond acceptors (Lipinski definition) is 3. The van der Waals surface area contributed by atoms with Crippen LogP contribution < -0.4 is 5.32 Å². The van der Waals surface area contributed by atoms with Crippen molar-refractivity contribution >= 4 is 32.4 Å². The molecule has 1 fully saturated rings. The van der Waals surface area contributed by atoms with Crippen molar-refractivity contribution in [2.45, 2.75) is 45.1 Å². The van der Waals surface area contributed by atoms with Gasteiger partial charge < -0.3 is 5.32 Å². The van der Waals surface area contributed by atoms with Gasteiger partial charge in [0.05, 0.1) is 0 Å². The minimum atomic E-state index is 0.559. The fourth-order valence-electron chi connectivity index (χ4n) is 2.27. The van der Waals surface area contributed by atoms with Gasteiger partial charge in [0.15, 0.2) is 5.13 Å². The van der Waals surface area contributed by atoms with Gasteiger partial charge in [-0.15, -0.1) is 11.3 Å². The molecule has 0 aliphatic heterocycles. The van der Waals surface area contributed by atoms with Gasteiger partial charge in [-0.3, -0.25) is 0 Å². The highest BCUT2D eigenvalue weighted by Crippen LogP contribution is 2.29. The highest BCUT2D eigenvalue weighted by atomic mass is 79.9. The van der Waals surface area contributed by atoms with E-state index in [9.17, 15) is 0 Å². The van der Waals surface area contributed by atoms with Gasteiger partial charge in [-0.05, 0) is 41.6 Å². The Balaban J connectivity index is 1.88. The highest BCUT2D eigenvalue weighted by molar-refractivity contribution is 9.10. The predicted octanol–water partition coefficient (Wildman–Crippen LogP) is 4.29. The first-order valence-electron chi connectivity index (χ1n) is 5.63. The Labute approximate surface area is 104 Å². The number of anilines is 1. The van der Waals surface area contributed by atoms with E-state index in [0.29, 0.717) is 6.04 Å². The fraction of sp³-hybridized carbons (Fsp3) is 0.727. The number of halogens is 1. The van der Waals surface area contributed by atoms with Gasteiger partial charge >= 0.3 is 0 Å². The third-order valence-corrected chi connectivity index (χ3v) is 4.67. The maximum absolute atomic E-state index is 4.37. The number of aromatic nitrogens is 1. The highest BCUT2D eigenvalue weighted by Gasteiger charge is 2.20. The lowest BCUT2D eigenvalue weighted by molar-refractivity contribution is 0.328. The molecule has 1 atom stereocenters. The van der Waals surface area contributed by atoms with Crippen LogP contribution in [0.25, 0.3) is 0 Å². The number of nitrogens with zero attached hydrogens (tertiary/aromatic N) is 1. The number of thiazole rings is 1. The predicted molar refractivity (Wildman–Crippen MR) is 69.5 cm³/mol. The standard InChI is InChI=1S/C11H17BrN2S/c1-8(9-5-3-2-4-6-9)13-11-14-10(12)7-15-11/h7-9H,2-6H2,1H3,(H,13,14). The summed E-state index contributed by atoms with van der Waals surface area (Å²) in [6.45, 7) is 2.28. The van der Waals surface area contributed by atoms with Crippen LogP contribution in [-0.2, 0) is 0 Å². The van der Waals surface area contributed by atoms with Crippen LogP contribution in [0.3, 0.4) is 0 Å². The second kappa shape index (κ2) is 5.30. The number of nitrogens with one attached hydrogen (secondary N) is 1. The molecule has 1 aromatic rings.